The second-order valence-electron chi connectivity index (χ2n) is 8.14. The highest BCUT2D eigenvalue weighted by atomic mass is 16.6. The van der Waals surface area contributed by atoms with Gasteiger partial charge < -0.3 is 24.1 Å². The number of fused-ring (bicyclic) bond motifs is 1. The van der Waals surface area contributed by atoms with Crippen molar-refractivity contribution in [3.8, 4) is 23.0 Å². The van der Waals surface area contributed by atoms with Crippen LogP contribution in [0.3, 0.4) is 0 Å². The molecule has 0 aromatic heterocycles. The third-order valence-corrected chi connectivity index (χ3v) is 5.01. The minimum absolute atomic E-state index is 0.0467. The summed E-state index contributed by atoms with van der Waals surface area (Å²) in [4.78, 5) is 61.1. The Bertz CT molecular complexity index is 1220. The Balaban J connectivity index is 2.60. The molecule has 0 saturated carbocycles. The molecule has 0 aliphatic rings. The minimum atomic E-state index is -0.945. The maximum absolute atomic E-state index is 13.3. The lowest BCUT2D eigenvalue weighted by atomic mass is 10.1. The maximum Gasteiger partial charge on any atom is 0.338 e. The van der Waals surface area contributed by atoms with Gasteiger partial charge in [-0.1, -0.05) is 39.0 Å². The molecule has 0 unspecified atom stereocenters. The van der Waals surface area contributed by atoms with Gasteiger partial charge in [0.15, 0.2) is 17.2 Å². The average molecular weight is 503 g/mol. The molecule has 0 aliphatic carbocycles. The monoisotopic (exact) mass is 502 g/mol. The molecule has 0 spiro atoms. The van der Waals surface area contributed by atoms with Gasteiger partial charge in [-0.2, -0.15) is 0 Å². The number of ether oxygens (including phenoxy) is 4. The van der Waals surface area contributed by atoms with Gasteiger partial charge in [-0.05, 0) is 30.0 Å². The molecule has 2 rings (SSSR count). The Kier molecular flexibility index (Phi) is 10.4. The SMILES string of the molecule is CCCCCCCCOC(=O)c1cc(OC(C)=O)c(=O)c2c(OC(C)=O)c(OC(C)=O)c(O)cc2c1. The van der Waals surface area contributed by atoms with Crippen LogP contribution >= 0.6 is 0 Å². The topological polar surface area (TPSA) is 142 Å². The first-order valence-electron chi connectivity index (χ1n) is 11.7. The Morgan fingerprint density at radius 3 is 1.97 bits per heavy atom. The molecule has 2 aromatic carbocycles. The van der Waals surface area contributed by atoms with E-state index in [0.29, 0.717) is 6.42 Å². The van der Waals surface area contributed by atoms with Crippen molar-refractivity contribution in [3.05, 3.63) is 34.0 Å². The van der Waals surface area contributed by atoms with Gasteiger partial charge in [0, 0.05) is 20.8 Å². The number of hydrogen-bond acceptors (Lipinski definition) is 10. The number of benzene rings is 1. The van der Waals surface area contributed by atoms with Crippen molar-refractivity contribution >= 4 is 34.6 Å². The molecule has 0 heterocycles. The van der Waals surface area contributed by atoms with E-state index in [1.165, 1.54) is 6.07 Å². The summed E-state index contributed by atoms with van der Waals surface area (Å²) in [5.74, 6) is -5.67. The summed E-state index contributed by atoms with van der Waals surface area (Å²) >= 11 is 0. The standard InChI is InChI=1S/C26H30O10/c1-5-6-7-8-9-10-11-33-26(32)19-12-18-13-20(30)24(35-16(3)28)25(36-17(4)29)22(18)23(31)21(14-19)34-15(2)27/h12-14,30H,5-11H2,1-4H3. The molecule has 0 bridgehead atoms. The number of carbonyl (C=O) groups is 4. The van der Waals surface area contributed by atoms with Crippen molar-refractivity contribution in [1.82, 2.24) is 0 Å². The van der Waals surface area contributed by atoms with Crippen molar-refractivity contribution in [2.24, 2.45) is 0 Å². The van der Waals surface area contributed by atoms with Crippen LogP contribution in [0.15, 0.2) is 23.0 Å². The Hall–Kier alpha value is -3.95. The third kappa shape index (κ3) is 7.79. The second-order valence-corrected chi connectivity index (χ2v) is 8.14. The van der Waals surface area contributed by atoms with E-state index in [2.05, 4.69) is 6.92 Å². The van der Waals surface area contributed by atoms with Crippen LogP contribution in [-0.2, 0) is 19.1 Å². The first-order valence-corrected chi connectivity index (χ1v) is 11.7. The summed E-state index contributed by atoms with van der Waals surface area (Å²) < 4.78 is 20.4. The highest BCUT2D eigenvalue weighted by molar-refractivity contribution is 6.00. The summed E-state index contributed by atoms with van der Waals surface area (Å²) in [6.45, 7) is 5.42. The molecule has 10 heteroatoms. The second kappa shape index (κ2) is 13.2. The largest absolute Gasteiger partial charge is 0.504 e. The Morgan fingerprint density at radius 1 is 0.778 bits per heavy atom. The van der Waals surface area contributed by atoms with Gasteiger partial charge in [0.05, 0.1) is 17.6 Å². The van der Waals surface area contributed by atoms with Crippen LogP contribution in [0.1, 0.15) is 76.6 Å². The number of carbonyl (C=O) groups excluding carboxylic acids is 4. The van der Waals surface area contributed by atoms with Gasteiger partial charge in [0.25, 0.3) is 0 Å². The number of unbranched alkanes of at least 4 members (excludes halogenated alkanes) is 5. The highest BCUT2D eigenvalue weighted by Crippen LogP contribution is 2.42. The van der Waals surface area contributed by atoms with E-state index in [-0.39, 0.29) is 22.9 Å². The predicted molar refractivity (Wildman–Crippen MR) is 129 cm³/mol. The van der Waals surface area contributed by atoms with Crippen LogP contribution < -0.4 is 19.6 Å². The molecule has 0 amide bonds. The van der Waals surface area contributed by atoms with Gasteiger partial charge >= 0.3 is 23.9 Å². The molecule has 0 radical (unpaired) electrons. The maximum atomic E-state index is 13.3. The van der Waals surface area contributed by atoms with Crippen LogP contribution in [0.5, 0.6) is 23.0 Å². The van der Waals surface area contributed by atoms with Crippen LogP contribution in [0.25, 0.3) is 10.8 Å². The van der Waals surface area contributed by atoms with Gasteiger partial charge in [-0.25, -0.2) is 4.79 Å². The van der Waals surface area contributed by atoms with E-state index in [0.717, 1.165) is 65.0 Å². The normalized spacial score (nSPS) is 10.6. The molecule has 0 atom stereocenters. The smallest absolute Gasteiger partial charge is 0.338 e. The summed E-state index contributed by atoms with van der Waals surface area (Å²) in [5, 5.41) is 10.1. The first-order chi connectivity index (χ1) is 17.0. The van der Waals surface area contributed by atoms with Gasteiger partial charge in [0.2, 0.25) is 11.2 Å². The lowest BCUT2D eigenvalue weighted by Crippen LogP contribution is -2.13. The van der Waals surface area contributed by atoms with E-state index < -0.39 is 52.3 Å². The molecule has 0 aliphatic heterocycles. The molecule has 0 saturated heterocycles. The Labute approximate surface area is 208 Å². The highest BCUT2D eigenvalue weighted by Gasteiger charge is 2.24. The zero-order valence-corrected chi connectivity index (χ0v) is 20.8. The third-order valence-electron chi connectivity index (χ3n) is 5.01. The molecule has 10 nitrogen and oxygen atoms in total. The van der Waals surface area contributed by atoms with Crippen LogP contribution in [-0.4, -0.2) is 35.6 Å². The number of hydrogen-bond donors (Lipinski definition) is 1. The zero-order chi connectivity index (χ0) is 26.8. The van der Waals surface area contributed by atoms with E-state index in [4.69, 9.17) is 18.9 Å². The number of phenols is 1. The van der Waals surface area contributed by atoms with Gasteiger partial charge in [-0.15, -0.1) is 0 Å². The summed E-state index contributed by atoms with van der Waals surface area (Å²) in [7, 11) is 0. The van der Waals surface area contributed by atoms with Crippen molar-refractivity contribution in [1.29, 1.82) is 0 Å². The first kappa shape index (κ1) is 28.3. The average Bonchev–Trinajstić information content (AvgIpc) is 2.91. The van der Waals surface area contributed by atoms with Crippen LogP contribution in [0, 0.1) is 0 Å². The molecule has 1 N–H and O–H groups in total. The van der Waals surface area contributed by atoms with E-state index in [9.17, 15) is 29.1 Å². The fourth-order valence-corrected chi connectivity index (χ4v) is 3.50. The number of aromatic hydroxyl groups is 1. The van der Waals surface area contributed by atoms with Crippen molar-refractivity contribution in [3.63, 3.8) is 0 Å². The number of phenolic OH excluding ortho intramolecular Hbond substituents is 1. The predicted octanol–water partition coefficient (Wildman–Crippen LogP) is 4.20. The number of rotatable bonds is 11. The van der Waals surface area contributed by atoms with Crippen molar-refractivity contribution in [2.45, 2.75) is 66.2 Å². The van der Waals surface area contributed by atoms with Crippen LogP contribution in [0.4, 0.5) is 0 Å². The minimum Gasteiger partial charge on any atom is -0.504 e. The lowest BCUT2D eigenvalue weighted by molar-refractivity contribution is -0.134. The zero-order valence-electron chi connectivity index (χ0n) is 20.8. The van der Waals surface area contributed by atoms with Gasteiger partial charge in [-0.3, -0.25) is 19.2 Å². The van der Waals surface area contributed by atoms with Gasteiger partial charge in [0.1, 0.15) is 0 Å². The quantitative estimate of drug-likeness (QED) is 0.270. The molecular formula is C26H30O10. The fraction of sp³-hybridized carbons (Fsp3) is 0.423. The summed E-state index contributed by atoms with van der Waals surface area (Å²) in [6.07, 6.45) is 5.94. The fourth-order valence-electron chi connectivity index (χ4n) is 3.50. The lowest BCUT2D eigenvalue weighted by Gasteiger charge is -2.12. The molecule has 2 aromatic rings. The molecule has 36 heavy (non-hydrogen) atoms. The Morgan fingerprint density at radius 2 is 1.36 bits per heavy atom. The molecular weight excluding hydrogens is 472 g/mol. The van der Waals surface area contributed by atoms with Crippen molar-refractivity contribution in [2.75, 3.05) is 6.61 Å². The van der Waals surface area contributed by atoms with E-state index >= 15 is 0 Å². The van der Waals surface area contributed by atoms with E-state index in [1.807, 2.05) is 0 Å². The molecule has 194 valence electrons. The summed E-state index contributed by atoms with van der Waals surface area (Å²) in [5.41, 5.74) is -1.09. The summed E-state index contributed by atoms with van der Waals surface area (Å²) in [6, 6.07) is 3.31. The van der Waals surface area contributed by atoms with Crippen LogP contribution in [0.2, 0.25) is 0 Å². The van der Waals surface area contributed by atoms with Crippen molar-refractivity contribution < 1.29 is 43.2 Å². The van der Waals surface area contributed by atoms with E-state index in [1.54, 1.807) is 0 Å². The number of esters is 4. The molecule has 0 fully saturated rings.